The molecule has 0 saturated heterocycles. The monoisotopic (exact) mass is 429 g/mol. The van der Waals surface area contributed by atoms with Gasteiger partial charge < -0.3 is 4.90 Å². The van der Waals surface area contributed by atoms with Crippen LogP contribution in [0.25, 0.3) is 16.3 Å². The van der Waals surface area contributed by atoms with Crippen LogP contribution in [0.3, 0.4) is 0 Å². The second kappa shape index (κ2) is 8.58. The highest BCUT2D eigenvalue weighted by Crippen LogP contribution is 2.40. The Bertz CT molecular complexity index is 1240. The van der Waals surface area contributed by atoms with Crippen LogP contribution in [0.15, 0.2) is 65.8 Å². The molecule has 3 aromatic carbocycles. The first kappa shape index (κ1) is 21.8. The number of hydrazone groups is 1. The van der Waals surface area contributed by atoms with E-state index in [1.54, 1.807) is 12.1 Å². The van der Waals surface area contributed by atoms with E-state index in [4.69, 9.17) is 0 Å². The molecule has 5 heteroatoms. The summed E-state index contributed by atoms with van der Waals surface area (Å²) in [5, 5.41) is 5.87. The van der Waals surface area contributed by atoms with Crippen LogP contribution < -0.4 is 10.3 Å². The van der Waals surface area contributed by atoms with Crippen molar-refractivity contribution in [2.45, 2.75) is 39.7 Å². The Morgan fingerprint density at radius 1 is 1.16 bits per heavy atom. The maximum absolute atomic E-state index is 15.0. The molecule has 0 unspecified atom stereocenters. The summed E-state index contributed by atoms with van der Waals surface area (Å²) in [6.45, 7) is 9.30. The zero-order chi connectivity index (χ0) is 22.9. The third kappa shape index (κ3) is 4.03. The van der Waals surface area contributed by atoms with Crippen molar-refractivity contribution < 1.29 is 9.18 Å². The SMILES string of the molecule is CCCN1c2cc(F)c(/C=N\NC(=O)c3cccc4ccccc34)cc2C(C)=CC1(C)C. The first-order chi connectivity index (χ1) is 15.3. The van der Waals surface area contributed by atoms with Gasteiger partial charge in [-0.1, -0.05) is 49.4 Å². The fourth-order valence-electron chi connectivity index (χ4n) is 4.49. The van der Waals surface area contributed by atoms with Gasteiger partial charge >= 0.3 is 0 Å². The largest absolute Gasteiger partial charge is 0.362 e. The molecule has 1 aliphatic rings. The lowest BCUT2D eigenvalue weighted by atomic mass is 9.87. The Balaban J connectivity index is 1.60. The summed E-state index contributed by atoms with van der Waals surface area (Å²) < 4.78 is 15.0. The van der Waals surface area contributed by atoms with Gasteiger partial charge in [0.2, 0.25) is 0 Å². The van der Waals surface area contributed by atoms with E-state index in [0.29, 0.717) is 11.1 Å². The van der Waals surface area contributed by atoms with E-state index in [2.05, 4.69) is 42.3 Å². The number of nitrogens with zero attached hydrogens (tertiary/aromatic N) is 2. The highest BCUT2D eigenvalue weighted by Gasteiger charge is 2.31. The summed E-state index contributed by atoms with van der Waals surface area (Å²) in [5.41, 5.74) is 6.21. The molecule has 1 aliphatic heterocycles. The van der Waals surface area contributed by atoms with Crippen LogP contribution in [0.2, 0.25) is 0 Å². The number of nitrogens with one attached hydrogen (secondary N) is 1. The van der Waals surface area contributed by atoms with E-state index in [9.17, 15) is 9.18 Å². The van der Waals surface area contributed by atoms with Crippen LogP contribution in [-0.2, 0) is 0 Å². The Labute approximate surface area is 188 Å². The Kier molecular flexibility index (Phi) is 5.83. The molecule has 0 aromatic heterocycles. The zero-order valence-corrected chi connectivity index (χ0v) is 18.9. The molecule has 0 saturated carbocycles. The molecule has 0 radical (unpaired) electrons. The summed E-state index contributed by atoms with van der Waals surface area (Å²) in [7, 11) is 0. The minimum atomic E-state index is -0.362. The molecule has 1 N–H and O–H groups in total. The lowest BCUT2D eigenvalue weighted by Gasteiger charge is -2.43. The summed E-state index contributed by atoms with van der Waals surface area (Å²) >= 11 is 0. The summed E-state index contributed by atoms with van der Waals surface area (Å²) in [6, 6.07) is 16.6. The molecule has 4 nitrogen and oxygen atoms in total. The highest BCUT2D eigenvalue weighted by atomic mass is 19.1. The minimum absolute atomic E-state index is 0.179. The lowest BCUT2D eigenvalue weighted by Crippen LogP contribution is -2.45. The molecular weight excluding hydrogens is 401 g/mol. The molecule has 0 atom stereocenters. The average Bonchev–Trinajstić information content (AvgIpc) is 2.76. The smallest absolute Gasteiger partial charge is 0.271 e. The van der Waals surface area contributed by atoms with E-state index < -0.39 is 0 Å². The zero-order valence-electron chi connectivity index (χ0n) is 18.9. The van der Waals surface area contributed by atoms with Crippen molar-refractivity contribution in [2.75, 3.05) is 11.4 Å². The normalized spacial score (nSPS) is 15.0. The first-order valence-electron chi connectivity index (χ1n) is 10.9. The predicted octanol–water partition coefficient (Wildman–Crippen LogP) is 6.15. The Morgan fingerprint density at radius 2 is 1.91 bits per heavy atom. The van der Waals surface area contributed by atoms with Gasteiger partial charge in [0.1, 0.15) is 5.82 Å². The molecule has 1 amide bonds. The standard InChI is InChI=1S/C27H28FN3O/c1-5-13-31-25-15-24(28)20(14-23(25)18(2)16-27(31,3)4)17-29-30-26(32)22-12-8-10-19-9-6-7-11-21(19)22/h6-12,14-17H,5,13H2,1-4H3,(H,30,32)/b29-17-. The molecular formula is C27H28FN3O. The van der Waals surface area contributed by atoms with Crippen LogP contribution in [0, 0.1) is 5.82 Å². The van der Waals surface area contributed by atoms with Crippen molar-refractivity contribution in [2.24, 2.45) is 5.10 Å². The van der Waals surface area contributed by atoms with E-state index >= 15 is 0 Å². The number of halogens is 1. The number of anilines is 1. The van der Waals surface area contributed by atoms with Crippen LogP contribution in [0.1, 0.15) is 55.6 Å². The molecule has 0 bridgehead atoms. The van der Waals surface area contributed by atoms with Crippen molar-refractivity contribution in [1.29, 1.82) is 0 Å². The number of fused-ring (bicyclic) bond motifs is 2. The average molecular weight is 430 g/mol. The minimum Gasteiger partial charge on any atom is -0.362 e. The van der Waals surface area contributed by atoms with Crippen LogP contribution >= 0.6 is 0 Å². The number of carbonyl (C=O) groups is 1. The van der Waals surface area contributed by atoms with Crippen LogP contribution in [-0.4, -0.2) is 24.2 Å². The topological polar surface area (TPSA) is 44.7 Å². The molecule has 1 heterocycles. The lowest BCUT2D eigenvalue weighted by molar-refractivity contribution is 0.0957. The van der Waals surface area contributed by atoms with E-state index in [1.807, 2.05) is 49.4 Å². The van der Waals surface area contributed by atoms with Gasteiger partial charge in [-0.25, -0.2) is 9.82 Å². The van der Waals surface area contributed by atoms with Gasteiger partial charge in [-0.3, -0.25) is 4.79 Å². The fraction of sp³-hybridized carbons (Fsp3) is 0.259. The number of benzene rings is 3. The third-order valence-corrected chi connectivity index (χ3v) is 5.95. The molecule has 32 heavy (non-hydrogen) atoms. The molecule has 0 spiro atoms. The third-order valence-electron chi connectivity index (χ3n) is 5.95. The van der Waals surface area contributed by atoms with Crippen LogP contribution in [0.5, 0.6) is 0 Å². The van der Waals surface area contributed by atoms with E-state index in [-0.39, 0.29) is 17.3 Å². The van der Waals surface area contributed by atoms with Gasteiger partial charge in [0.25, 0.3) is 5.91 Å². The predicted molar refractivity (Wildman–Crippen MR) is 131 cm³/mol. The van der Waals surface area contributed by atoms with Gasteiger partial charge in [-0.05, 0) is 61.7 Å². The summed E-state index contributed by atoms with van der Waals surface area (Å²) in [6.07, 6.45) is 4.56. The number of rotatable bonds is 5. The molecule has 3 aromatic rings. The molecule has 0 fully saturated rings. The van der Waals surface area contributed by atoms with Crippen molar-refractivity contribution in [3.8, 4) is 0 Å². The number of hydrogen-bond donors (Lipinski definition) is 1. The van der Waals surface area contributed by atoms with Crippen molar-refractivity contribution in [1.82, 2.24) is 5.43 Å². The second-order valence-corrected chi connectivity index (χ2v) is 8.75. The van der Waals surface area contributed by atoms with Crippen LogP contribution in [0.4, 0.5) is 10.1 Å². The molecule has 4 rings (SSSR count). The number of carbonyl (C=O) groups excluding carboxylic acids is 1. The Hall–Kier alpha value is -3.47. The quantitative estimate of drug-likeness (QED) is 0.390. The van der Waals surface area contributed by atoms with Gasteiger partial charge in [-0.15, -0.1) is 0 Å². The number of allylic oxidation sites excluding steroid dienone is 1. The van der Waals surface area contributed by atoms with Gasteiger partial charge in [-0.2, -0.15) is 5.10 Å². The van der Waals surface area contributed by atoms with Gasteiger partial charge in [0.05, 0.1) is 11.8 Å². The maximum atomic E-state index is 15.0. The number of hydrogen-bond acceptors (Lipinski definition) is 3. The van der Waals surface area contributed by atoms with Gasteiger partial charge in [0.15, 0.2) is 0 Å². The van der Waals surface area contributed by atoms with Crippen molar-refractivity contribution in [3.63, 3.8) is 0 Å². The Morgan fingerprint density at radius 3 is 2.69 bits per heavy atom. The summed E-state index contributed by atoms with van der Waals surface area (Å²) in [5.74, 6) is -0.693. The van der Waals surface area contributed by atoms with Gasteiger partial charge in [0, 0.05) is 28.9 Å². The second-order valence-electron chi connectivity index (χ2n) is 8.75. The summed E-state index contributed by atoms with van der Waals surface area (Å²) in [4.78, 5) is 14.9. The van der Waals surface area contributed by atoms with Crippen molar-refractivity contribution in [3.05, 3.63) is 83.2 Å². The first-order valence-corrected chi connectivity index (χ1v) is 10.9. The highest BCUT2D eigenvalue weighted by molar-refractivity contribution is 6.07. The van der Waals surface area contributed by atoms with E-state index in [1.165, 1.54) is 6.21 Å². The number of amides is 1. The molecule has 0 aliphatic carbocycles. The fourth-order valence-corrected chi connectivity index (χ4v) is 4.49. The maximum Gasteiger partial charge on any atom is 0.271 e. The van der Waals surface area contributed by atoms with Crippen molar-refractivity contribution >= 4 is 34.2 Å². The molecule has 164 valence electrons. The van der Waals surface area contributed by atoms with E-state index in [0.717, 1.165) is 40.6 Å².